The number of thiophene rings is 1. The Labute approximate surface area is 275 Å². The van der Waals surface area contributed by atoms with Gasteiger partial charge >= 0.3 is 6.15 Å². The van der Waals surface area contributed by atoms with Gasteiger partial charge in [0.1, 0.15) is 0 Å². The molecule has 12 heteroatoms. The highest BCUT2D eigenvalue weighted by atomic mass is 32.1. The van der Waals surface area contributed by atoms with Crippen LogP contribution in [-0.2, 0) is 14.4 Å². The van der Waals surface area contributed by atoms with Gasteiger partial charge in [-0.15, -0.1) is 11.3 Å². The molecule has 0 radical (unpaired) electrons. The Morgan fingerprint density at radius 1 is 1.00 bits per heavy atom. The van der Waals surface area contributed by atoms with Crippen molar-refractivity contribution >= 4 is 68.6 Å². The van der Waals surface area contributed by atoms with Crippen molar-refractivity contribution < 1.29 is 33.4 Å². The Kier molecular flexibility index (Phi) is 10.8. The predicted molar refractivity (Wildman–Crippen MR) is 179 cm³/mol. The fourth-order valence-corrected chi connectivity index (χ4v) is 6.49. The molecule has 0 saturated carbocycles. The van der Waals surface area contributed by atoms with Crippen LogP contribution in [0.15, 0.2) is 65.7 Å². The highest BCUT2D eigenvalue weighted by molar-refractivity contribution is 7.19. The second-order valence-electron chi connectivity index (χ2n) is 11.1. The number of anilines is 2. The number of ether oxygens (including phenoxy) is 2. The molecule has 3 aromatic carbocycles. The second-order valence-corrected chi connectivity index (χ2v) is 12.4. The van der Waals surface area contributed by atoms with E-state index in [-0.39, 0.29) is 42.9 Å². The number of nitrogens with one attached hydrogen (secondary N) is 2. The van der Waals surface area contributed by atoms with Crippen molar-refractivity contribution in [3.8, 4) is 11.5 Å². The van der Waals surface area contributed by atoms with Crippen LogP contribution in [0.2, 0.25) is 0 Å². The van der Waals surface area contributed by atoms with E-state index < -0.39 is 0 Å². The number of piperidine rings is 1. The number of fused-ring (bicyclic) bond motifs is 3. The Bertz CT molecular complexity index is 1840. The van der Waals surface area contributed by atoms with Gasteiger partial charge in [0.25, 0.3) is 11.8 Å². The lowest BCUT2D eigenvalue weighted by Crippen LogP contribution is -2.43. The van der Waals surface area contributed by atoms with Crippen molar-refractivity contribution in [2.24, 2.45) is 4.99 Å². The van der Waals surface area contributed by atoms with Gasteiger partial charge in [0.15, 0.2) is 11.5 Å². The molecule has 1 aromatic heterocycles. The maximum atomic E-state index is 13.2. The summed E-state index contributed by atoms with van der Waals surface area (Å²) < 4.78 is 12.7. The minimum absolute atomic E-state index is 0.0160. The van der Waals surface area contributed by atoms with Crippen molar-refractivity contribution in [3.63, 3.8) is 0 Å². The van der Waals surface area contributed by atoms with Crippen LogP contribution in [-0.4, -0.2) is 61.3 Å². The summed E-state index contributed by atoms with van der Waals surface area (Å²) in [6.45, 7) is 3.07. The van der Waals surface area contributed by atoms with Crippen LogP contribution in [0, 0.1) is 6.92 Å². The smallest absolute Gasteiger partial charge is 0.373 e. The lowest BCUT2D eigenvalue weighted by atomic mass is 10.0. The summed E-state index contributed by atoms with van der Waals surface area (Å²) in [6.07, 6.45) is 5.81. The summed E-state index contributed by atoms with van der Waals surface area (Å²) in [5.41, 5.74) is 2.91. The first-order valence-corrected chi connectivity index (χ1v) is 16.0. The van der Waals surface area contributed by atoms with Crippen molar-refractivity contribution in [3.05, 3.63) is 76.7 Å². The van der Waals surface area contributed by atoms with Gasteiger partial charge in [0.05, 0.1) is 31.0 Å². The number of hydrogen-bond acceptors (Lipinski definition) is 9. The molecule has 0 unspecified atom stereocenters. The van der Waals surface area contributed by atoms with Crippen LogP contribution in [0.5, 0.6) is 11.5 Å². The Morgan fingerprint density at radius 3 is 2.53 bits per heavy atom. The number of carbonyl (C=O) groups excluding carboxylic acids is 5. The van der Waals surface area contributed by atoms with Gasteiger partial charge in [-0.25, -0.2) is 0 Å². The SMILES string of the molecule is COc1cc2c(cc1OCCCC(=O)Nc1ccc(C(=O)Nc3ccc4sc(C)cc4c3)cc1)N=C[C@@H]1CCCCN1C2=O.O=C=O. The van der Waals surface area contributed by atoms with E-state index in [1.807, 2.05) is 29.3 Å². The number of amides is 3. The minimum Gasteiger partial charge on any atom is -0.493 e. The molecule has 47 heavy (non-hydrogen) atoms. The van der Waals surface area contributed by atoms with Crippen LogP contribution >= 0.6 is 11.3 Å². The number of hydrogen-bond donors (Lipinski definition) is 2. The number of aryl methyl sites for hydroxylation is 1. The topological polar surface area (TPSA) is 143 Å². The summed E-state index contributed by atoms with van der Waals surface area (Å²) in [5.74, 6) is 0.522. The molecule has 0 spiro atoms. The molecule has 2 N–H and O–H groups in total. The summed E-state index contributed by atoms with van der Waals surface area (Å²) in [4.78, 5) is 62.5. The van der Waals surface area contributed by atoms with E-state index in [9.17, 15) is 14.4 Å². The van der Waals surface area contributed by atoms with Gasteiger partial charge in [0, 0.05) is 51.8 Å². The van der Waals surface area contributed by atoms with Gasteiger partial charge < -0.3 is 25.0 Å². The number of rotatable bonds is 9. The lowest BCUT2D eigenvalue weighted by Gasteiger charge is -2.32. The summed E-state index contributed by atoms with van der Waals surface area (Å²) in [5, 5.41) is 6.91. The molecule has 242 valence electrons. The zero-order chi connectivity index (χ0) is 33.3. The number of benzene rings is 3. The highest BCUT2D eigenvalue weighted by Gasteiger charge is 2.31. The molecule has 1 fully saturated rings. The summed E-state index contributed by atoms with van der Waals surface area (Å²) in [6, 6.07) is 18.2. The Morgan fingerprint density at radius 2 is 1.77 bits per heavy atom. The van der Waals surface area contributed by atoms with Gasteiger partial charge in [-0.05, 0) is 92.6 Å². The van der Waals surface area contributed by atoms with Crippen LogP contribution < -0.4 is 20.1 Å². The maximum absolute atomic E-state index is 13.2. The van der Waals surface area contributed by atoms with E-state index in [1.165, 1.54) is 16.7 Å². The normalized spacial score (nSPS) is 14.9. The summed E-state index contributed by atoms with van der Waals surface area (Å²) in [7, 11) is 1.54. The molecular weight excluding hydrogens is 620 g/mol. The zero-order valence-corrected chi connectivity index (χ0v) is 26.9. The van der Waals surface area contributed by atoms with E-state index in [4.69, 9.17) is 19.1 Å². The third-order valence-corrected chi connectivity index (χ3v) is 8.87. The van der Waals surface area contributed by atoms with Gasteiger partial charge in [-0.1, -0.05) is 0 Å². The fraction of sp³-hybridized carbons (Fsp3) is 0.286. The number of nitrogens with zero attached hydrogens (tertiary/aromatic N) is 2. The first-order valence-electron chi connectivity index (χ1n) is 15.2. The van der Waals surface area contributed by atoms with Crippen LogP contribution in [0.4, 0.5) is 17.1 Å². The number of methoxy groups -OCH3 is 1. The van der Waals surface area contributed by atoms with Crippen molar-refractivity contribution in [1.82, 2.24) is 4.90 Å². The van der Waals surface area contributed by atoms with E-state index in [2.05, 4.69) is 28.6 Å². The molecule has 0 aliphatic carbocycles. The van der Waals surface area contributed by atoms with Crippen LogP contribution in [0.1, 0.15) is 57.7 Å². The second kappa shape index (κ2) is 15.3. The third kappa shape index (κ3) is 8.10. The molecule has 6 rings (SSSR count). The largest absolute Gasteiger partial charge is 0.493 e. The highest BCUT2D eigenvalue weighted by Crippen LogP contribution is 2.38. The van der Waals surface area contributed by atoms with Gasteiger partial charge in [-0.3, -0.25) is 19.4 Å². The van der Waals surface area contributed by atoms with E-state index in [0.29, 0.717) is 40.4 Å². The molecule has 2 aliphatic heterocycles. The third-order valence-electron chi connectivity index (χ3n) is 7.84. The Balaban J connectivity index is 0.00000139. The van der Waals surface area contributed by atoms with E-state index in [1.54, 1.807) is 47.7 Å². The average molecular weight is 655 g/mol. The molecule has 0 bridgehead atoms. The van der Waals surface area contributed by atoms with Gasteiger partial charge in [-0.2, -0.15) is 9.59 Å². The van der Waals surface area contributed by atoms with Crippen LogP contribution in [0.25, 0.3) is 10.1 Å². The molecule has 11 nitrogen and oxygen atoms in total. The van der Waals surface area contributed by atoms with Crippen LogP contribution in [0.3, 0.4) is 0 Å². The maximum Gasteiger partial charge on any atom is 0.373 e. The number of aliphatic imine (C=N–C) groups is 1. The molecular formula is C35H34N4O7S. The average Bonchev–Trinajstić information content (AvgIpc) is 3.38. The van der Waals surface area contributed by atoms with Crippen molar-refractivity contribution in [2.45, 2.75) is 45.1 Å². The van der Waals surface area contributed by atoms with E-state index in [0.717, 1.165) is 36.9 Å². The summed E-state index contributed by atoms with van der Waals surface area (Å²) >= 11 is 1.72. The molecule has 1 saturated heterocycles. The monoisotopic (exact) mass is 654 g/mol. The number of carbonyl (C=O) groups is 3. The lowest BCUT2D eigenvalue weighted by molar-refractivity contribution is -0.191. The van der Waals surface area contributed by atoms with E-state index >= 15 is 0 Å². The van der Waals surface area contributed by atoms with Crippen molar-refractivity contribution in [2.75, 3.05) is 30.9 Å². The fourth-order valence-electron chi connectivity index (χ4n) is 5.59. The first kappa shape index (κ1) is 33.1. The predicted octanol–water partition coefficient (Wildman–Crippen LogP) is 6.40. The molecule has 3 amide bonds. The first-order chi connectivity index (χ1) is 22.8. The van der Waals surface area contributed by atoms with Gasteiger partial charge in [0.2, 0.25) is 5.91 Å². The quantitative estimate of drug-likeness (QED) is 0.199. The Hall–Kier alpha value is -5.32. The zero-order valence-electron chi connectivity index (χ0n) is 26.0. The molecule has 1 atom stereocenters. The molecule has 2 aliphatic rings. The minimum atomic E-state index is -0.217. The van der Waals surface area contributed by atoms with Crippen molar-refractivity contribution in [1.29, 1.82) is 0 Å². The molecule has 4 aromatic rings. The standard InChI is InChI=1S/C34H34N4O5S.CO2/c1-21-16-23-17-25(12-13-31(23)44-21)37-33(40)22-8-10-24(11-9-22)36-32(39)7-5-15-43-30-19-28-27(18-29(30)42-2)34(41)38-14-4-3-6-26(38)20-35-28;2-1-3/h8-13,16-20,26H,3-7,14-15H2,1-2H3,(H,36,39)(H,37,40);/t26-;/m0./s1. The molecule has 3 heterocycles.